The molecule has 1 aliphatic rings. The van der Waals surface area contributed by atoms with E-state index in [4.69, 9.17) is 4.42 Å². The predicted octanol–water partition coefficient (Wildman–Crippen LogP) is 1.40. The fraction of sp³-hybridized carbons (Fsp3) is 0.714. The van der Waals surface area contributed by atoms with Gasteiger partial charge in [-0.25, -0.2) is 8.42 Å². The molecule has 5 nitrogen and oxygen atoms in total. The summed E-state index contributed by atoms with van der Waals surface area (Å²) < 4.78 is 28.4. The monoisotopic (exact) mass is 300 g/mol. The molecule has 0 spiro atoms. The van der Waals surface area contributed by atoms with Crippen LogP contribution in [-0.4, -0.2) is 43.5 Å². The molecule has 6 heteroatoms. The van der Waals surface area contributed by atoms with Crippen LogP contribution in [0.4, 0.5) is 0 Å². The van der Waals surface area contributed by atoms with Crippen LogP contribution in [0, 0.1) is 0 Å². The van der Waals surface area contributed by atoms with Crippen molar-refractivity contribution in [2.45, 2.75) is 39.4 Å². The van der Waals surface area contributed by atoms with Crippen molar-refractivity contribution >= 4 is 9.84 Å². The van der Waals surface area contributed by atoms with Gasteiger partial charge in [-0.3, -0.25) is 4.90 Å². The van der Waals surface area contributed by atoms with Crippen LogP contribution in [0.3, 0.4) is 0 Å². The number of hydrogen-bond donors (Lipinski definition) is 1. The number of sulfone groups is 1. The van der Waals surface area contributed by atoms with Gasteiger partial charge in [0.1, 0.15) is 5.76 Å². The topological polar surface area (TPSA) is 62.6 Å². The maximum Gasteiger partial charge on any atom is 0.152 e. The van der Waals surface area contributed by atoms with Gasteiger partial charge in [-0.15, -0.1) is 0 Å². The Hall–Kier alpha value is -0.850. The van der Waals surface area contributed by atoms with E-state index in [-0.39, 0.29) is 17.0 Å². The lowest BCUT2D eigenvalue weighted by molar-refractivity contribution is 0.283. The van der Waals surface area contributed by atoms with Crippen LogP contribution in [0.15, 0.2) is 16.7 Å². The second-order valence-corrected chi connectivity index (χ2v) is 8.70. The number of furan rings is 1. The van der Waals surface area contributed by atoms with E-state index in [2.05, 4.69) is 31.0 Å². The van der Waals surface area contributed by atoms with Crippen molar-refractivity contribution in [1.82, 2.24) is 10.2 Å². The van der Waals surface area contributed by atoms with Gasteiger partial charge in [-0.1, -0.05) is 0 Å². The molecule has 0 aliphatic carbocycles. The summed E-state index contributed by atoms with van der Waals surface area (Å²) in [5.41, 5.74) is 1.18. The van der Waals surface area contributed by atoms with Gasteiger partial charge in [-0.05, 0) is 26.8 Å². The number of nitrogens with zero attached hydrogens (tertiary/aromatic N) is 1. The third kappa shape index (κ3) is 4.61. The van der Waals surface area contributed by atoms with Gasteiger partial charge >= 0.3 is 0 Å². The first kappa shape index (κ1) is 15.5. The number of rotatable bonds is 4. The zero-order valence-corrected chi connectivity index (χ0v) is 13.3. The molecule has 0 amide bonds. The number of nitrogens with one attached hydrogen (secondary N) is 1. The molecule has 0 radical (unpaired) electrons. The van der Waals surface area contributed by atoms with E-state index in [0.717, 1.165) is 17.9 Å². The largest absolute Gasteiger partial charge is 0.468 e. The van der Waals surface area contributed by atoms with Crippen LogP contribution in [0.5, 0.6) is 0 Å². The lowest BCUT2D eigenvalue weighted by atomic mass is 10.1. The van der Waals surface area contributed by atoms with Crippen LogP contribution in [0.25, 0.3) is 0 Å². The summed E-state index contributed by atoms with van der Waals surface area (Å²) in [5.74, 6) is 1.47. The fourth-order valence-electron chi connectivity index (χ4n) is 2.16. The van der Waals surface area contributed by atoms with Crippen molar-refractivity contribution in [3.05, 3.63) is 23.7 Å². The smallest absolute Gasteiger partial charge is 0.152 e. The van der Waals surface area contributed by atoms with Gasteiger partial charge in [0.2, 0.25) is 0 Å². The maximum atomic E-state index is 11.4. The molecule has 1 aromatic heterocycles. The molecule has 1 saturated heterocycles. The van der Waals surface area contributed by atoms with Crippen molar-refractivity contribution in [2.75, 3.05) is 24.6 Å². The van der Waals surface area contributed by atoms with E-state index in [0.29, 0.717) is 19.6 Å². The molecule has 2 rings (SSSR count). The summed E-state index contributed by atoms with van der Waals surface area (Å²) in [5, 5.41) is 3.41. The van der Waals surface area contributed by atoms with Gasteiger partial charge in [0.25, 0.3) is 0 Å². The summed E-state index contributed by atoms with van der Waals surface area (Å²) in [4.78, 5) is 2.17. The first-order valence-corrected chi connectivity index (χ1v) is 8.80. The lowest BCUT2D eigenvalue weighted by Gasteiger charge is -2.26. The normalized spacial score (nSPS) is 20.1. The maximum absolute atomic E-state index is 11.4. The molecule has 1 aromatic rings. The molecule has 2 heterocycles. The second-order valence-electron chi connectivity index (χ2n) is 6.40. The highest BCUT2D eigenvalue weighted by Crippen LogP contribution is 2.16. The van der Waals surface area contributed by atoms with Crippen molar-refractivity contribution in [1.29, 1.82) is 0 Å². The third-order valence-corrected chi connectivity index (χ3v) is 5.06. The Kier molecular flexibility index (Phi) is 4.56. The summed E-state index contributed by atoms with van der Waals surface area (Å²) in [6, 6.07) is 1.97. The molecule has 1 fully saturated rings. The Morgan fingerprint density at radius 1 is 1.30 bits per heavy atom. The first-order valence-electron chi connectivity index (χ1n) is 6.98. The molecule has 0 atom stereocenters. The van der Waals surface area contributed by atoms with Crippen molar-refractivity contribution in [3.8, 4) is 0 Å². The van der Waals surface area contributed by atoms with Crippen molar-refractivity contribution in [3.63, 3.8) is 0 Å². The Bertz CT molecular complexity index is 529. The summed E-state index contributed by atoms with van der Waals surface area (Å²) >= 11 is 0. The van der Waals surface area contributed by atoms with E-state index >= 15 is 0 Å². The Labute approximate surface area is 121 Å². The standard InChI is InChI=1S/C14H24N2O3S/c1-14(2,3)15-10-13-12(4-7-19-13)11-16-5-8-20(17,18)9-6-16/h4,7,15H,5-6,8-11H2,1-3H3. The molecule has 1 aliphatic heterocycles. The van der Waals surface area contributed by atoms with Gasteiger partial charge in [0.05, 0.1) is 24.3 Å². The van der Waals surface area contributed by atoms with Crippen LogP contribution in [0.1, 0.15) is 32.1 Å². The molecule has 0 aromatic carbocycles. The van der Waals surface area contributed by atoms with Gasteiger partial charge in [0, 0.05) is 30.7 Å². The quantitative estimate of drug-likeness (QED) is 0.910. The third-order valence-electron chi connectivity index (χ3n) is 3.45. The van der Waals surface area contributed by atoms with Gasteiger partial charge in [0.15, 0.2) is 9.84 Å². The van der Waals surface area contributed by atoms with Crippen molar-refractivity contribution < 1.29 is 12.8 Å². The molecule has 20 heavy (non-hydrogen) atoms. The summed E-state index contributed by atoms with van der Waals surface area (Å²) in [6.45, 7) is 9.02. The Morgan fingerprint density at radius 3 is 2.55 bits per heavy atom. The molecular formula is C14H24N2O3S. The lowest BCUT2D eigenvalue weighted by Crippen LogP contribution is -2.40. The van der Waals surface area contributed by atoms with Gasteiger partial charge < -0.3 is 9.73 Å². The Morgan fingerprint density at radius 2 is 1.95 bits per heavy atom. The van der Waals surface area contributed by atoms with E-state index in [1.54, 1.807) is 6.26 Å². The minimum absolute atomic E-state index is 0.0449. The molecule has 0 saturated carbocycles. The van der Waals surface area contributed by atoms with Crippen LogP contribution in [0.2, 0.25) is 0 Å². The summed E-state index contributed by atoms with van der Waals surface area (Å²) in [6.07, 6.45) is 1.70. The van der Waals surface area contributed by atoms with E-state index in [1.807, 2.05) is 6.07 Å². The molecule has 0 bridgehead atoms. The SMILES string of the molecule is CC(C)(C)NCc1occc1CN1CCS(=O)(=O)CC1. The molecule has 114 valence electrons. The highest BCUT2D eigenvalue weighted by Gasteiger charge is 2.22. The van der Waals surface area contributed by atoms with E-state index < -0.39 is 9.84 Å². The molecule has 1 N–H and O–H groups in total. The second kappa shape index (κ2) is 5.87. The first-order chi connectivity index (χ1) is 9.25. The highest BCUT2D eigenvalue weighted by atomic mass is 32.2. The van der Waals surface area contributed by atoms with Crippen LogP contribution in [-0.2, 0) is 22.9 Å². The predicted molar refractivity (Wildman–Crippen MR) is 79.2 cm³/mol. The Balaban J connectivity index is 1.92. The number of hydrogen-bond acceptors (Lipinski definition) is 5. The van der Waals surface area contributed by atoms with Gasteiger partial charge in [-0.2, -0.15) is 0 Å². The van der Waals surface area contributed by atoms with E-state index in [1.165, 1.54) is 0 Å². The zero-order valence-electron chi connectivity index (χ0n) is 12.5. The highest BCUT2D eigenvalue weighted by molar-refractivity contribution is 7.91. The van der Waals surface area contributed by atoms with Crippen LogP contribution < -0.4 is 5.32 Å². The zero-order chi connectivity index (χ0) is 14.8. The van der Waals surface area contributed by atoms with Crippen LogP contribution >= 0.6 is 0 Å². The van der Waals surface area contributed by atoms with E-state index in [9.17, 15) is 8.42 Å². The average molecular weight is 300 g/mol. The van der Waals surface area contributed by atoms with Crippen molar-refractivity contribution in [2.24, 2.45) is 0 Å². The molecule has 0 unspecified atom stereocenters. The fourth-order valence-corrected chi connectivity index (χ4v) is 3.43. The minimum Gasteiger partial charge on any atom is -0.468 e. The minimum atomic E-state index is -2.81. The average Bonchev–Trinajstić information content (AvgIpc) is 2.76. The summed E-state index contributed by atoms with van der Waals surface area (Å²) in [7, 11) is -2.81. The molecular weight excluding hydrogens is 276 g/mol.